The third kappa shape index (κ3) is 5.08. The van der Waals surface area contributed by atoms with Gasteiger partial charge in [-0.05, 0) is 24.1 Å². The predicted octanol–water partition coefficient (Wildman–Crippen LogP) is 2.89. The Labute approximate surface area is 133 Å². The molecule has 0 radical (unpaired) electrons. The summed E-state index contributed by atoms with van der Waals surface area (Å²) >= 11 is 1.39. The topological polar surface area (TPSA) is 68.0 Å². The number of nitrogens with zero attached hydrogens (tertiary/aromatic N) is 1. The van der Waals surface area contributed by atoms with Crippen LogP contribution in [-0.2, 0) is 11.2 Å². The first kappa shape index (κ1) is 17.6. The first-order chi connectivity index (χ1) is 9.58. The van der Waals surface area contributed by atoms with Crippen molar-refractivity contribution in [3.63, 3.8) is 0 Å². The molecule has 0 saturated heterocycles. The van der Waals surface area contributed by atoms with E-state index in [1.165, 1.54) is 17.4 Å². The molecule has 2 aromatic rings. The van der Waals surface area contributed by atoms with Crippen LogP contribution < -0.4 is 11.1 Å². The van der Waals surface area contributed by atoms with E-state index in [9.17, 15) is 9.18 Å². The van der Waals surface area contributed by atoms with Crippen molar-refractivity contribution in [3.05, 3.63) is 46.2 Å². The largest absolute Gasteiger partial charge is 0.330 e. The Hall–Kier alpha value is -1.50. The van der Waals surface area contributed by atoms with Crippen LogP contribution in [-0.4, -0.2) is 17.4 Å². The molecule has 0 aliphatic rings. The molecule has 1 heterocycles. The standard InChI is InChI=1S/C14H16FN3OS.ClH/c1-9-2-3-10(7-12(9)15)6-11-8-17-14(20-11)18-13(19)4-5-16;/h2-3,7-8H,4-6,16H2,1H3,(H,17,18,19);1H. The molecule has 0 aliphatic carbocycles. The third-order valence-corrected chi connectivity index (χ3v) is 3.70. The van der Waals surface area contributed by atoms with E-state index in [0.717, 1.165) is 10.4 Å². The number of carbonyl (C=O) groups excluding carboxylic acids is 1. The second-order valence-electron chi connectivity index (χ2n) is 4.48. The van der Waals surface area contributed by atoms with Crippen LogP contribution in [0.25, 0.3) is 0 Å². The summed E-state index contributed by atoms with van der Waals surface area (Å²) in [5.74, 6) is -0.349. The Bertz CT molecular complexity index is 618. The number of anilines is 1. The summed E-state index contributed by atoms with van der Waals surface area (Å²) in [5.41, 5.74) is 6.82. The Morgan fingerprint density at radius 2 is 2.24 bits per heavy atom. The average molecular weight is 330 g/mol. The zero-order chi connectivity index (χ0) is 14.5. The summed E-state index contributed by atoms with van der Waals surface area (Å²) in [4.78, 5) is 16.5. The van der Waals surface area contributed by atoms with Gasteiger partial charge in [0.15, 0.2) is 5.13 Å². The summed E-state index contributed by atoms with van der Waals surface area (Å²) in [6, 6.07) is 5.18. The Morgan fingerprint density at radius 1 is 1.48 bits per heavy atom. The van der Waals surface area contributed by atoms with Crippen LogP contribution in [0, 0.1) is 12.7 Å². The zero-order valence-electron chi connectivity index (χ0n) is 11.6. The second kappa shape index (κ2) is 8.07. The number of carbonyl (C=O) groups is 1. The highest BCUT2D eigenvalue weighted by atomic mass is 35.5. The number of hydrogen-bond acceptors (Lipinski definition) is 4. The van der Waals surface area contributed by atoms with Crippen molar-refractivity contribution in [1.29, 1.82) is 0 Å². The number of aromatic nitrogens is 1. The molecule has 114 valence electrons. The van der Waals surface area contributed by atoms with Gasteiger partial charge in [0.25, 0.3) is 0 Å². The van der Waals surface area contributed by atoms with Crippen LogP contribution >= 0.6 is 23.7 Å². The van der Waals surface area contributed by atoms with Gasteiger partial charge < -0.3 is 11.1 Å². The minimum atomic E-state index is -0.205. The van der Waals surface area contributed by atoms with Gasteiger partial charge in [-0.3, -0.25) is 4.79 Å². The maximum atomic E-state index is 13.5. The molecule has 0 unspecified atom stereocenters. The lowest BCUT2D eigenvalue weighted by molar-refractivity contribution is -0.116. The van der Waals surface area contributed by atoms with Gasteiger partial charge in [-0.1, -0.05) is 12.1 Å². The van der Waals surface area contributed by atoms with Crippen molar-refractivity contribution in [1.82, 2.24) is 4.98 Å². The molecule has 0 saturated carbocycles. The number of hydrogen-bond donors (Lipinski definition) is 2. The van der Waals surface area contributed by atoms with Crippen molar-refractivity contribution >= 4 is 34.8 Å². The van der Waals surface area contributed by atoms with E-state index < -0.39 is 0 Å². The average Bonchev–Trinajstić information content (AvgIpc) is 2.81. The molecule has 3 N–H and O–H groups in total. The lowest BCUT2D eigenvalue weighted by Gasteiger charge is -2.01. The van der Waals surface area contributed by atoms with Gasteiger partial charge in [0.1, 0.15) is 5.82 Å². The molecule has 7 heteroatoms. The molecule has 1 aromatic carbocycles. The predicted molar refractivity (Wildman–Crippen MR) is 85.6 cm³/mol. The highest BCUT2D eigenvalue weighted by Gasteiger charge is 2.07. The smallest absolute Gasteiger partial charge is 0.227 e. The highest BCUT2D eigenvalue weighted by molar-refractivity contribution is 7.15. The van der Waals surface area contributed by atoms with Crippen molar-refractivity contribution in [2.24, 2.45) is 5.73 Å². The van der Waals surface area contributed by atoms with E-state index in [0.29, 0.717) is 23.7 Å². The van der Waals surface area contributed by atoms with E-state index in [2.05, 4.69) is 10.3 Å². The van der Waals surface area contributed by atoms with Crippen LogP contribution in [0.3, 0.4) is 0 Å². The number of halogens is 2. The number of aryl methyl sites for hydroxylation is 1. The number of rotatable bonds is 5. The van der Waals surface area contributed by atoms with Crippen molar-refractivity contribution in [2.75, 3.05) is 11.9 Å². The molecule has 2 rings (SSSR count). The Balaban J connectivity index is 0.00000220. The van der Waals surface area contributed by atoms with Crippen molar-refractivity contribution < 1.29 is 9.18 Å². The molecule has 4 nitrogen and oxygen atoms in total. The molecule has 0 atom stereocenters. The minimum Gasteiger partial charge on any atom is -0.330 e. The van der Waals surface area contributed by atoms with Gasteiger partial charge in [0.05, 0.1) is 0 Å². The van der Waals surface area contributed by atoms with Crippen LogP contribution in [0.1, 0.15) is 22.4 Å². The van der Waals surface area contributed by atoms with Gasteiger partial charge in [0.2, 0.25) is 5.91 Å². The zero-order valence-corrected chi connectivity index (χ0v) is 13.2. The molecular formula is C14H17ClFN3OS. The number of benzene rings is 1. The van der Waals surface area contributed by atoms with E-state index in [-0.39, 0.29) is 30.6 Å². The monoisotopic (exact) mass is 329 g/mol. The van der Waals surface area contributed by atoms with Crippen molar-refractivity contribution in [2.45, 2.75) is 19.8 Å². The van der Waals surface area contributed by atoms with Crippen LogP contribution in [0.4, 0.5) is 9.52 Å². The molecular weight excluding hydrogens is 313 g/mol. The molecule has 1 amide bonds. The quantitative estimate of drug-likeness (QED) is 0.886. The third-order valence-electron chi connectivity index (χ3n) is 2.79. The normalized spacial score (nSPS) is 10.0. The molecule has 0 bridgehead atoms. The number of amides is 1. The van der Waals surface area contributed by atoms with E-state index >= 15 is 0 Å². The van der Waals surface area contributed by atoms with Gasteiger partial charge >= 0.3 is 0 Å². The summed E-state index contributed by atoms with van der Waals surface area (Å²) in [5, 5.41) is 3.23. The second-order valence-corrected chi connectivity index (χ2v) is 5.59. The van der Waals surface area contributed by atoms with Crippen LogP contribution in [0.5, 0.6) is 0 Å². The lowest BCUT2D eigenvalue weighted by atomic mass is 10.1. The van der Waals surface area contributed by atoms with E-state index in [1.807, 2.05) is 6.07 Å². The van der Waals surface area contributed by atoms with Gasteiger partial charge in [-0.2, -0.15) is 0 Å². The summed E-state index contributed by atoms with van der Waals surface area (Å²) in [7, 11) is 0. The maximum absolute atomic E-state index is 13.5. The Morgan fingerprint density at radius 3 is 2.90 bits per heavy atom. The van der Waals surface area contributed by atoms with Crippen LogP contribution in [0.2, 0.25) is 0 Å². The minimum absolute atomic E-state index is 0. The molecule has 0 aliphatic heterocycles. The van der Waals surface area contributed by atoms with Crippen LogP contribution in [0.15, 0.2) is 24.4 Å². The number of nitrogens with two attached hydrogens (primary N) is 1. The first-order valence-electron chi connectivity index (χ1n) is 6.28. The summed E-state index contributed by atoms with van der Waals surface area (Å²) in [6.07, 6.45) is 2.57. The molecule has 0 spiro atoms. The number of thiazole rings is 1. The molecule has 1 aromatic heterocycles. The molecule has 0 fully saturated rings. The first-order valence-corrected chi connectivity index (χ1v) is 7.10. The maximum Gasteiger partial charge on any atom is 0.227 e. The fourth-order valence-corrected chi connectivity index (χ4v) is 2.57. The fraction of sp³-hybridized carbons (Fsp3) is 0.286. The van der Waals surface area contributed by atoms with E-state index in [1.54, 1.807) is 19.2 Å². The molecule has 21 heavy (non-hydrogen) atoms. The van der Waals surface area contributed by atoms with Gasteiger partial charge in [-0.15, -0.1) is 23.7 Å². The lowest BCUT2D eigenvalue weighted by Crippen LogP contribution is -2.15. The summed E-state index contributed by atoms with van der Waals surface area (Å²) in [6.45, 7) is 2.05. The van der Waals surface area contributed by atoms with Gasteiger partial charge in [0, 0.05) is 30.5 Å². The van der Waals surface area contributed by atoms with Crippen molar-refractivity contribution in [3.8, 4) is 0 Å². The summed E-state index contributed by atoms with van der Waals surface area (Å²) < 4.78 is 13.5. The highest BCUT2D eigenvalue weighted by Crippen LogP contribution is 2.22. The van der Waals surface area contributed by atoms with E-state index in [4.69, 9.17) is 5.73 Å². The Kier molecular flexibility index (Phi) is 6.74. The SMILES string of the molecule is Cc1ccc(Cc2cnc(NC(=O)CCN)s2)cc1F.Cl. The fourth-order valence-electron chi connectivity index (χ4n) is 1.71. The van der Waals surface area contributed by atoms with Gasteiger partial charge in [-0.25, -0.2) is 9.37 Å². The number of nitrogens with one attached hydrogen (secondary N) is 1.